The van der Waals surface area contributed by atoms with Crippen molar-refractivity contribution in [3.05, 3.63) is 75.5 Å². The molecule has 2 aliphatic heterocycles. The molecule has 10 heteroatoms. The first-order valence-electron chi connectivity index (χ1n) is 13.5. The molecular formula is C29H36N5O5+. The van der Waals surface area contributed by atoms with E-state index in [-0.39, 0.29) is 29.3 Å². The maximum atomic E-state index is 13.7. The third kappa shape index (κ3) is 5.97. The summed E-state index contributed by atoms with van der Waals surface area (Å²) < 4.78 is 5.42. The quantitative estimate of drug-likeness (QED) is 0.368. The van der Waals surface area contributed by atoms with Crippen LogP contribution in [0.4, 0.5) is 17.1 Å². The summed E-state index contributed by atoms with van der Waals surface area (Å²) in [5.74, 6) is -0.122. The number of rotatable bonds is 7. The molecule has 39 heavy (non-hydrogen) atoms. The molecule has 206 valence electrons. The van der Waals surface area contributed by atoms with Gasteiger partial charge in [0.2, 0.25) is 5.91 Å². The number of fused-ring (bicyclic) bond motifs is 1. The number of morpholine rings is 1. The molecule has 1 atom stereocenters. The Balaban J connectivity index is 1.51. The van der Waals surface area contributed by atoms with Crippen molar-refractivity contribution in [3.8, 4) is 0 Å². The molecule has 1 aliphatic carbocycles. The first kappa shape index (κ1) is 26.8. The van der Waals surface area contributed by atoms with Crippen LogP contribution in [0.2, 0.25) is 0 Å². The Hall–Kier alpha value is -3.76. The molecule has 5 rings (SSSR count). The number of para-hydroxylation sites is 2. The van der Waals surface area contributed by atoms with E-state index >= 15 is 0 Å². The number of ether oxygens (including phenoxy) is 1. The minimum atomic E-state index is -0.573. The van der Waals surface area contributed by atoms with Crippen LogP contribution in [-0.2, 0) is 14.3 Å². The molecule has 0 saturated carbocycles. The van der Waals surface area contributed by atoms with Gasteiger partial charge in [-0.25, -0.2) is 0 Å². The van der Waals surface area contributed by atoms with Gasteiger partial charge >= 0.3 is 0 Å². The van der Waals surface area contributed by atoms with Gasteiger partial charge in [-0.15, -0.1) is 0 Å². The van der Waals surface area contributed by atoms with E-state index < -0.39 is 11.0 Å². The van der Waals surface area contributed by atoms with Crippen molar-refractivity contribution in [2.75, 3.05) is 56.2 Å². The topological polar surface area (TPSA) is 118 Å². The van der Waals surface area contributed by atoms with Gasteiger partial charge in [-0.3, -0.25) is 19.7 Å². The van der Waals surface area contributed by atoms with Gasteiger partial charge in [0.25, 0.3) is 5.69 Å². The zero-order chi connectivity index (χ0) is 27.6. The molecule has 1 saturated heterocycles. The lowest BCUT2D eigenvalue weighted by Gasteiger charge is -2.37. The van der Waals surface area contributed by atoms with Crippen LogP contribution in [0.1, 0.15) is 38.3 Å². The molecule has 2 aromatic rings. The summed E-state index contributed by atoms with van der Waals surface area (Å²) in [4.78, 5) is 41.3. The summed E-state index contributed by atoms with van der Waals surface area (Å²) in [7, 11) is 0. The third-order valence-corrected chi connectivity index (χ3v) is 7.74. The number of non-ortho nitro benzene ring substituents is 1. The first-order chi connectivity index (χ1) is 18.7. The molecule has 3 aliphatic rings. The van der Waals surface area contributed by atoms with Crippen molar-refractivity contribution in [3.63, 3.8) is 0 Å². The van der Waals surface area contributed by atoms with Crippen LogP contribution in [0.25, 0.3) is 0 Å². The number of nitrogens with one attached hydrogen (secondary N) is 3. The second-order valence-corrected chi connectivity index (χ2v) is 11.3. The van der Waals surface area contributed by atoms with E-state index in [1.54, 1.807) is 12.1 Å². The summed E-state index contributed by atoms with van der Waals surface area (Å²) >= 11 is 0. The number of nitro benzene ring substituents is 1. The molecule has 0 bridgehead atoms. The van der Waals surface area contributed by atoms with Crippen molar-refractivity contribution in [2.24, 2.45) is 5.41 Å². The van der Waals surface area contributed by atoms with Gasteiger partial charge in [0.15, 0.2) is 5.78 Å². The summed E-state index contributed by atoms with van der Waals surface area (Å²) in [5.41, 5.74) is 3.57. The van der Waals surface area contributed by atoms with Crippen molar-refractivity contribution in [1.82, 2.24) is 5.32 Å². The van der Waals surface area contributed by atoms with Crippen LogP contribution in [0.15, 0.2) is 59.8 Å². The van der Waals surface area contributed by atoms with E-state index in [1.165, 1.54) is 17.0 Å². The number of anilines is 2. The molecular weight excluding hydrogens is 498 g/mol. The van der Waals surface area contributed by atoms with Crippen LogP contribution in [-0.4, -0.2) is 62.6 Å². The van der Waals surface area contributed by atoms with Crippen LogP contribution in [0.3, 0.4) is 0 Å². The predicted octanol–water partition coefficient (Wildman–Crippen LogP) is 2.24. The fourth-order valence-corrected chi connectivity index (χ4v) is 5.85. The number of nitro groups is 1. The van der Waals surface area contributed by atoms with E-state index in [1.807, 2.05) is 29.2 Å². The minimum Gasteiger partial charge on any atom is -0.370 e. The van der Waals surface area contributed by atoms with E-state index in [2.05, 4.69) is 24.5 Å². The van der Waals surface area contributed by atoms with E-state index in [0.717, 1.165) is 55.5 Å². The van der Waals surface area contributed by atoms with Gasteiger partial charge in [0.05, 0.1) is 55.2 Å². The maximum Gasteiger partial charge on any atom is 0.269 e. The minimum absolute atomic E-state index is 0.0197. The molecule has 10 nitrogen and oxygen atoms in total. The number of amides is 1. The van der Waals surface area contributed by atoms with E-state index in [4.69, 9.17) is 4.74 Å². The highest BCUT2D eigenvalue weighted by atomic mass is 16.6. The lowest BCUT2D eigenvalue weighted by atomic mass is 9.73. The zero-order valence-corrected chi connectivity index (χ0v) is 22.5. The molecule has 1 fully saturated rings. The maximum absolute atomic E-state index is 13.7. The molecule has 1 amide bonds. The van der Waals surface area contributed by atoms with Gasteiger partial charge in [0.1, 0.15) is 13.1 Å². The molecule has 0 spiro atoms. The fraction of sp³-hybridized carbons (Fsp3) is 0.448. The number of carbonyl (C=O) groups excluding carboxylic acids is 2. The molecule has 1 unspecified atom stereocenters. The summed E-state index contributed by atoms with van der Waals surface area (Å²) in [6.07, 6.45) is 1.06. The molecule has 0 aromatic heterocycles. The van der Waals surface area contributed by atoms with Crippen molar-refractivity contribution in [2.45, 2.75) is 32.7 Å². The van der Waals surface area contributed by atoms with Crippen molar-refractivity contribution in [1.29, 1.82) is 0 Å². The highest BCUT2D eigenvalue weighted by Gasteiger charge is 2.42. The number of carbonyl (C=O) groups is 2. The van der Waals surface area contributed by atoms with Crippen LogP contribution >= 0.6 is 0 Å². The first-order valence-corrected chi connectivity index (χ1v) is 13.5. The Labute approximate surface area is 228 Å². The van der Waals surface area contributed by atoms with Gasteiger partial charge in [0, 0.05) is 29.8 Å². The lowest BCUT2D eigenvalue weighted by Crippen LogP contribution is -3.14. The second-order valence-electron chi connectivity index (χ2n) is 11.3. The van der Waals surface area contributed by atoms with Gasteiger partial charge in [-0.1, -0.05) is 26.0 Å². The Morgan fingerprint density at radius 1 is 1.15 bits per heavy atom. The van der Waals surface area contributed by atoms with Crippen LogP contribution < -0.4 is 20.4 Å². The zero-order valence-electron chi connectivity index (χ0n) is 22.5. The Bertz CT molecular complexity index is 1280. The standard InChI is InChI=1S/C29H35N5O5/c1-29(2)17-23-27(25(35)18-29)28(20-7-9-21(10-8-20)34(37)38)33(24-6-4-3-5-22(24)31-23)19-26(36)30-11-12-32-13-15-39-16-14-32/h3-10,28,31H,11-19H2,1-2H3,(H,30,36)/p+1. The molecule has 0 radical (unpaired) electrons. The van der Waals surface area contributed by atoms with Crippen LogP contribution in [0.5, 0.6) is 0 Å². The van der Waals surface area contributed by atoms with Gasteiger partial charge in [-0.2, -0.15) is 0 Å². The average molecular weight is 535 g/mol. The van der Waals surface area contributed by atoms with Gasteiger partial charge in [-0.05, 0) is 41.7 Å². The smallest absolute Gasteiger partial charge is 0.269 e. The van der Waals surface area contributed by atoms with Crippen molar-refractivity contribution < 1.29 is 24.1 Å². The summed E-state index contributed by atoms with van der Waals surface area (Å²) in [5, 5.41) is 17.9. The van der Waals surface area contributed by atoms with Crippen LogP contribution in [0, 0.1) is 15.5 Å². The second kappa shape index (κ2) is 11.2. The van der Waals surface area contributed by atoms with Crippen molar-refractivity contribution >= 4 is 28.8 Å². The number of hydrogen-bond donors (Lipinski definition) is 3. The Morgan fingerprint density at radius 3 is 2.59 bits per heavy atom. The largest absolute Gasteiger partial charge is 0.370 e. The summed E-state index contributed by atoms with van der Waals surface area (Å²) in [6, 6.07) is 13.5. The number of nitrogens with zero attached hydrogens (tertiary/aromatic N) is 2. The number of allylic oxidation sites excluding steroid dienone is 1. The number of hydrogen-bond acceptors (Lipinski definition) is 7. The van der Waals surface area contributed by atoms with E-state index in [9.17, 15) is 19.7 Å². The third-order valence-electron chi connectivity index (χ3n) is 7.74. The molecule has 3 N–H and O–H groups in total. The fourth-order valence-electron chi connectivity index (χ4n) is 5.85. The average Bonchev–Trinajstić information content (AvgIpc) is 3.03. The van der Waals surface area contributed by atoms with Gasteiger partial charge < -0.3 is 25.2 Å². The van der Waals surface area contributed by atoms with E-state index in [0.29, 0.717) is 25.0 Å². The number of ketones is 1. The summed E-state index contributed by atoms with van der Waals surface area (Å²) in [6.45, 7) is 8.89. The Morgan fingerprint density at radius 2 is 1.87 bits per heavy atom. The predicted molar refractivity (Wildman–Crippen MR) is 148 cm³/mol. The molecule has 2 aromatic carbocycles. The lowest BCUT2D eigenvalue weighted by molar-refractivity contribution is -0.906. The SMILES string of the molecule is CC1(C)CC(=O)C2=C(C1)Nc1ccccc1N(CC(=O)NCC[NH+]1CCOCC1)C2c1ccc([N+](=O)[O-])cc1. The number of benzene rings is 2. The number of Topliss-reactive ketones (excluding diaryl/α,β-unsaturated/α-hetero) is 1. The molecule has 2 heterocycles. The highest BCUT2D eigenvalue weighted by molar-refractivity contribution is 6.01. The highest BCUT2D eigenvalue weighted by Crippen LogP contribution is 2.48. The number of quaternary nitrogens is 1. The monoisotopic (exact) mass is 534 g/mol. The normalized spacial score (nSPS) is 20.9. The Kier molecular flexibility index (Phi) is 7.67.